The van der Waals surface area contributed by atoms with Crippen molar-refractivity contribution in [3.05, 3.63) is 59.4 Å². The van der Waals surface area contributed by atoms with Crippen LogP contribution in [0.4, 0.5) is 4.39 Å². The first kappa shape index (κ1) is 20.6. The predicted octanol–water partition coefficient (Wildman–Crippen LogP) is 8.62. The van der Waals surface area contributed by atoms with E-state index < -0.39 is 0 Å². The van der Waals surface area contributed by atoms with Crippen molar-refractivity contribution in [1.29, 1.82) is 0 Å². The molecule has 29 heavy (non-hydrogen) atoms. The maximum atomic E-state index is 15.8. The van der Waals surface area contributed by atoms with Gasteiger partial charge in [-0.2, -0.15) is 0 Å². The average molecular weight is 393 g/mol. The number of aryl methyl sites for hydroxylation is 1. The van der Waals surface area contributed by atoms with E-state index in [1.165, 1.54) is 69.8 Å². The van der Waals surface area contributed by atoms with Crippen molar-refractivity contribution in [2.75, 3.05) is 0 Å². The number of hydrogen-bond acceptors (Lipinski definition) is 0. The summed E-state index contributed by atoms with van der Waals surface area (Å²) in [5.41, 5.74) is 4.78. The molecule has 0 unspecified atom stereocenters. The van der Waals surface area contributed by atoms with Gasteiger partial charge in [0, 0.05) is 5.56 Å². The molecule has 0 amide bonds. The molecule has 0 aliphatic heterocycles. The van der Waals surface area contributed by atoms with Gasteiger partial charge in [0.1, 0.15) is 5.82 Å². The van der Waals surface area contributed by atoms with Crippen molar-refractivity contribution in [1.82, 2.24) is 0 Å². The molecule has 0 saturated heterocycles. The highest BCUT2D eigenvalue weighted by atomic mass is 19.1. The van der Waals surface area contributed by atoms with Crippen LogP contribution < -0.4 is 0 Å². The van der Waals surface area contributed by atoms with Crippen LogP contribution in [-0.4, -0.2) is 0 Å². The lowest BCUT2D eigenvalue weighted by atomic mass is 9.50. The molecule has 3 saturated carbocycles. The fourth-order valence-electron chi connectivity index (χ4n) is 6.10. The van der Waals surface area contributed by atoms with Gasteiger partial charge in [0.2, 0.25) is 0 Å². The number of hydrogen-bond donors (Lipinski definition) is 0. The number of halogens is 1. The largest absolute Gasteiger partial charge is 0.206 e. The maximum absolute atomic E-state index is 15.8. The van der Waals surface area contributed by atoms with Gasteiger partial charge in [-0.25, -0.2) is 4.39 Å². The minimum atomic E-state index is 0.0381. The Labute approximate surface area is 176 Å². The molecule has 1 heteroatoms. The van der Waals surface area contributed by atoms with Gasteiger partial charge in [0.05, 0.1) is 0 Å². The second-order valence-corrected chi connectivity index (χ2v) is 9.85. The highest BCUT2D eigenvalue weighted by Crippen LogP contribution is 2.60. The Morgan fingerprint density at radius 2 is 1.48 bits per heavy atom. The van der Waals surface area contributed by atoms with E-state index in [-0.39, 0.29) is 11.2 Å². The molecule has 2 aromatic carbocycles. The monoisotopic (exact) mass is 392 g/mol. The fraction of sp³-hybridized carbons (Fsp3) is 0.571. The van der Waals surface area contributed by atoms with Crippen LogP contribution in [0.1, 0.15) is 95.6 Å². The van der Waals surface area contributed by atoms with E-state index in [0.717, 1.165) is 29.5 Å². The number of fused-ring (bicyclic) bond motifs is 3. The molecule has 0 heterocycles. The van der Waals surface area contributed by atoms with Gasteiger partial charge in [-0.3, -0.25) is 0 Å². The average Bonchev–Trinajstić information content (AvgIpc) is 2.76. The van der Waals surface area contributed by atoms with Gasteiger partial charge < -0.3 is 0 Å². The molecule has 5 rings (SSSR count). The van der Waals surface area contributed by atoms with E-state index >= 15 is 4.39 Å². The molecule has 3 aliphatic carbocycles. The topological polar surface area (TPSA) is 0 Å². The number of unbranched alkanes of at least 4 members (excludes halogenated alkanes) is 2. The molecule has 0 nitrogen and oxygen atoms in total. The molecular weight excluding hydrogens is 355 g/mol. The summed E-state index contributed by atoms with van der Waals surface area (Å²) in [5.74, 6) is 0.0381. The lowest BCUT2D eigenvalue weighted by Crippen LogP contribution is -2.44. The van der Waals surface area contributed by atoms with Gasteiger partial charge >= 0.3 is 0 Å². The van der Waals surface area contributed by atoms with E-state index in [1.54, 1.807) is 0 Å². The molecule has 2 aromatic rings. The standard InChI is InChI=1S/C28H37F/c1-3-5-6-15-27-16-19-28(20-17-27,21-18-27)25-10-7-9-24(26(25)29)23-13-11-22(8-4-2)12-14-23/h7,9-14H,3-6,8,15-21H2,1-2H3. The van der Waals surface area contributed by atoms with E-state index in [2.05, 4.69) is 50.2 Å². The van der Waals surface area contributed by atoms with E-state index in [4.69, 9.17) is 0 Å². The maximum Gasteiger partial charge on any atom is 0.134 e. The third-order valence-electron chi connectivity index (χ3n) is 8.09. The molecule has 156 valence electrons. The molecule has 0 radical (unpaired) electrons. The van der Waals surface area contributed by atoms with Gasteiger partial charge in [-0.15, -0.1) is 0 Å². The minimum absolute atomic E-state index is 0.0381. The zero-order valence-electron chi connectivity index (χ0n) is 18.4. The molecule has 0 N–H and O–H groups in total. The van der Waals surface area contributed by atoms with Crippen molar-refractivity contribution < 1.29 is 4.39 Å². The summed E-state index contributed by atoms with van der Waals surface area (Å²) in [6.07, 6.45) is 15.1. The highest BCUT2D eigenvalue weighted by Gasteiger charge is 2.49. The summed E-state index contributed by atoms with van der Waals surface area (Å²) in [5, 5.41) is 0. The van der Waals surface area contributed by atoms with Crippen molar-refractivity contribution in [2.45, 2.75) is 96.3 Å². The third-order valence-corrected chi connectivity index (χ3v) is 8.09. The predicted molar refractivity (Wildman–Crippen MR) is 122 cm³/mol. The molecule has 0 spiro atoms. The van der Waals surface area contributed by atoms with Crippen LogP contribution >= 0.6 is 0 Å². The second kappa shape index (κ2) is 8.62. The van der Waals surface area contributed by atoms with Crippen LogP contribution in [0.25, 0.3) is 11.1 Å². The molecule has 3 aliphatic rings. The third kappa shape index (κ3) is 4.03. The fourth-order valence-corrected chi connectivity index (χ4v) is 6.10. The van der Waals surface area contributed by atoms with Crippen molar-refractivity contribution in [2.24, 2.45) is 5.41 Å². The number of rotatable bonds is 8. The summed E-state index contributed by atoms with van der Waals surface area (Å²) in [4.78, 5) is 0. The van der Waals surface area contributed by atoms with Crippen LogP contribution in [0, 0.1) is 11.2 Å². The van der Waals surface area contributed by atoms with Crippen LogP contribution in [0.5, 0.6) is 0 Å². The first-order valence-corrected chi connectivity index (χ1v) is 12.0. The summed E-state index contributed by atoms with van der Waals surface area (Å²) < 4.78 is 15.8. The Balaban J connectivity index is 1.55. The summed E-state index contributed by atoms with van der Waals surface area (Å²) in [7, 11) is 0. The quantitative estimate of drug-likeness (QED) is 0.394. The van der Waals surface area contributed by atoms with Gasteiger partial charge in [0.25, 0.3) is 0 Å². The minimum Gasteiger partial charge on any atom is -0.206 e. The van der Waals surface area contributed by atoms with Crippen LogP contribution in [-0.2, 0) is 11.8 Å². The normalized spacial score (nSPS) is 26.0. The molecule has 2 bridgehead atoms. The van der Waals surface area contributed by atoms with Crippen molar-refractivity contribution in [3.63, 3.8) is 0 Å². The second-order valence-electron chi connectivity index (χ2n) is 9.85. The lowest BCUT2D eigenvalue weighted by Gasteiger charge is -2.54. The Kier molecular flexibility index (Phi) is 6.13. The first-order valence-electron chi connectivity index (χ1n) is 12.0. The lowest BCUT2D eigenvalue weighted by molar-refractivity contribution is 0.0289. The Bertz CT molecular complexity index is 792. The summed E-state index contributed by atoms with van der Waals surface area (Å²) >= 11 is 0. The molecule has 3 fully saturated rings. The van der Waals surface area contributed by atoms with Crippen LogP contribution in [0.3, 0.4) is 0 Å². The van der Waals surface area contributed by atoms with E-state index in [9.17, 15) is 0 Å². The SMILES string of the molecule is CCCCCC12CCC(c3cccc(-c4ccc(CCC)cc4)c3F)(CC1)CC2. The highest BCUT2D eigenvalue weighted by molar-refractivity contribution is 5.66. The zero-order chi connectivity index (χ0) is 20.3. The van der Waals surface area contributed by atoms with Crippen molar-refractivity contribution >= 4 is 0 Å². The number of benzene rings is 2. The first-order chi connectivity index (χ1) is 14.1. The summed E-state index contributed by atoms with van der Waals surface area (Å²) in [6, 6.07) is 14.7. The Morgan fingerprint density at radius 3 is 2.10 bits per heavy atom. The Hall–Kier alpha value is -1.63. The van der Waals surface area contributed by atoms with Gasteiger partial charge in [-0.1, -0.05) is 82.0 Å². The van der Waals surface area contributed by atoms with E-state index in [0.29, 0.717) is 5.41 Å². The molecule has 0 aromatic heterocycles. The molecule has 0 atom stereocenters. The molecular formula is C28H37F. The van der Waals surface area contributed by atoms with Gasteiger partial charge in [-0.05, 0) is 78.9 Å². The van der Waals surface area contributed by atoms with Crippen LogP contribution in [0.15, 0.2) is 42.5 Å². The smallest absolute Gasteiger partial charge is 0.134 e. The van der Waals surface area contributed by atoms with Crippen molar-refractivity contribution in [3.8, 4) is 11.1 Å². The van der Waals surface area contributed by atoms with Gasteiger partial charge in [0.15, 0.2) is 0 Å². The van der Waals surface area contributed by atoms with E-state index in [1.807, 2.05) is 6.07 Å². The Morgan fingerprint density at radius 1 is 0.793 bits per heavy atom. The summed E-state index contributed by atoms with van der Waals surface area (Å²) in [6.45, 7) is 4.49. The van der Waals surface area contributed by atoms with Crippen LogP contribution in [0.2, 0.25) is 0 Å². The zero-order valence-corrected chi connectivity index (χ0v) is 18.4.